The van der Waals surface area contributed by atoms with Crippen molar-refractivity contribution in [2.45, 2.75) is 13.5 Å². The van der Waals surface area contributed by atoms with Crippen molar-refractivity contribution in [3.63, 3.8) is 0 Å². The Balaban J connectivity index is 3.02. The van der Waals surface area contributed by atoms with E-state index in [4.69, 9.17) is 10.5 Å². The maximum Gasteiger partial charge on any atom is 0.389 e. The van der Waals surface area contributed by atoms with Gasteiger partial charge in [-0.3, -0.25) is 0 Å². The van der Waals surface area contributed by atoms with Gasteiger partial charge in [0.1, 0.15) is 5.56 Å². The van der Waals surface area contributed by atoms with Crippen LogP contribution in [0.4, 0.5) is 14.5 Å². The van der Waals surface area contributed by atoms with Crippen LogP contribution in [0.25, 0.3) is 0 Å². The van der Waals surface area contributed by atoms with Gasteiger partial charge >= 0.3 is 12.6 Å². The van der Waals surface area contributed by atoms with Crippen molar-refractivity contribution in [3.05, 3.63) is 23.8 Å². The number of ether oxygens (including phenoxy) is 2. The molecule has 16 heavy (non-hydrogen) atoms. The van der Waals surface area contributed by atoms with E-state index in [-0.39, 0.29) is 23.6 Å². The number of anilines is 1. The summed E-state index contributed by atoms with van der Waals surface area (Å²) in [4.78, 5) is 11.3. The monoisotopic (exact) mass is 231 g/mol. The molecular formula is C10H11F2NO3. The third-order valence-corrected chi connectivity index (χ3v) is 1.75. The highest BCUT2D eigenvalue weighted by Crippen LogP contribution is 2.27. The van der Waals surface area contributed by atoms with Gasteiger partial charge in [0.15, 0.2) is 5.75 Å². The van der Waals surface area contributed by atoms with Crippen molar-refractivity contribution in [1.29, 1.82) is 0 Å². The van der Waals surface area contributed by atoms with E-state index in [9.17, 15) is 13.6 Å². The molecule has 4 nitrogen and oxygen atoms in total. The van der Waals surface area contributed by atoms with Crippen molar-refractivity contribution < 1.29 is 23.0 Å². The highest BCUT2D eigenvalue weighted by molar-refractivity contribution is 5.94. The Bertz CT molecular complexity index is 382. The molecule has 0 spiro atoms. The number of hydrogen-bond donors (Lipinski definition) is 1. The average molecular weight is 231 g/mol. The normalized spacial score (nSPS) is 10.2. The fourth-order valence-electron chi connectivity index (χ4n) is 1.17. The van der Waals surface area contributed by atoms with Crippen molar-refractivity contribution in [2.24, 2.45) is 0 Å². The first kappa shape index (κ1) is 12.2. The van der Waals surface area contributed by atoms with Gasteiger partial charge in [-0.15, -0.1) is 0 Å². The quantitative estimate of drug-likeness (QED) is 0.636. The van der Waals surface area contributed by atoms with Gasteiger partial charge in [-0.1, -0.05) is 6.07 Å². The molecule has 0 bridgehead atoms. The largest absolute Gasteiger partial charge is 0.491 e. The van der Waals surface area contributed by atoms with Crippen LogP contribution in [-0.2, 0) is 4.74 Å². The minimum absolute atomic E-state index is 0.0654. The van der Waals surface area contributed by atoms with Crippen LogP contribution in [0.5, 0.6) is 5.75 Å². The molecule has 0 amide bonds. The molecule has 0 unspecified atom stereocenters. The Kier molecular flexibility index (Phi) is 4.04. The second-order valence-corrected chi connectivity index (χ2v) is 2.82. The van der Waals surface area contributed by atoms with Crippen LogP contribution < -0.4 is 10.5 Å². The van der Waals surface area contributed by atoms with E-state index in [2.05, 4.69) is 4.74 Å². The maximum absolute atomic E-state index is 11.9. The van der Waals surface area contributed by atoms with Gasteiger partial charge in [0.05, 0.1) is 12.3 Å². The fourth-order valence-corrected chi connectivity index (χ4v) is 1.17. The molecule has 0 aliphatic rings. The van der Waals surface area contributed by atoms with Crippen LogP contribution in [-0.4, -0.2) is 19.2 Å². The second kappa shape index (κ2) is 5.29. The Morgan fingerprint density at radius 1 is 1.50 bits per heavy atom. The van der Waals surface area contributed by atoms with E-state index in [0.29, 0.717) is 0 Å². The number of rotatable bonds is 4. The summed E-state index contributed by atoms with van der Waals surface area (Å²) in [5.41, 5.74) is 5.65. The summed E-state index contributed by atoms with van der Waals surface area (Å²) in [5.74, 6) is -1.10. The molecular weight excluding hydrogens is 220 g/mol. The first-order valence-electron chi connectivity index (χ1n) is 4.56. The number of para-hydroxylation sites is 1. The predicted octanol–water partition coefficient (Wildman–Crippen LogP) is 2.05. The number of nitrogen functional groups attached to an aromatic ring is 1. The molecule has 6 heteroatoms. The lowest BCUT2D eigenvalue weighted by Crippen LogP contribution is -2.12. The Labute approximate surface area is 91.0 Å². The van der Waals surface area contributed by atoms with E-state index >= 15 is 0 Å². The molecule has 1 rings (SSSR count). The molecule has 0 aromatic heterocycles. The third kappa shape index (κ3) is 2.82. The van der Waals surface area contributed by atoms with Crippen LogP contribution in [0, 0.1) is 0 Å². The lowest BCUT2D eigenvalue weighted by molar-refractivity contribution is -0.0907. The molecule has 0 atom stereocenters. The highest BCUT2D eigenvalue weighted by atomic mass is 19.3. The van der Waals surface area contributed by atoms with Crippen molar-refractivity contribution in [2.75, 3.05) is 12.3 Å². The van der Waals surface area contributed by atoms with Crippen molar-refractivity contribution >= 4 is 11.7 Å². The molecule has 0 fully saturated rings. The number of alkyl halides is 2. The summed E-state index contributed by atoms with van der Waals surface area (Å²) in [6.07, 6.45) is 0. The highest BCUT2D eigenvalue weighted by Gasteiger charge is 2.19. The number of nitrogens with two attached hydrogens (primary N) is 1. The van der Waals surface area contributed by atoms with E-state index in [1.54, 1.807) is 6.92 Å². The summed E-state index contributed by atoms with van der Waals surface area (Å²) in [7, 11) is 0. The van der Waals surface area contributed by atoms with Gasteiger partial charge in [-0.2, -0.15) is 8.78 Å². The van der Waals surface area contributed by atoms with Crippen LogP contribution in [0.15, 0.2) is 18.2 Å². The van der Waals surface area contributed by atoms with Gasteiger partial charge in [0.2, 0.25) is 0 Å². The second-order valence-electron chi connectivity index (χ2n) is 2.82. The van der Waals surface area contributed by atoms with Gasteiger partial charge in [-0.25, -0.2) is 4.79 Å². The number of benzene rings is 1. The molecule has 88 valence electrons. The lowest BCUT2D eigenvalue weighted by Gasteiger charge is -2.11. The molecule has 1 aromatic rings. The number of halogens is 2. The summed E-state index contributed by atoms with van der Waals surface area (Å²) in [6.45, 7) is -1.21. The van der Waals surface area contributed by atoms with E-state index in [0.717, 1.165) is 0 Å². The summed E-state index contributed by atoms with van der Waals surface area (Å²) in [6, 6.07) is 4.27. The zero-order valence-electron chi connectivity index (χ0n) is 8.57. The minimum Gasteiger partial charge on any atom is -0.491 e. The van der Waals surface area contributed by atoms with Crippen LogP contribution in [0.1, 0.15) is 17.3 Å². The molecule has 2 N–H and O–H groups in total. The predicted molar refractivity (Wildman–Crippen MR) is 53.4 cm³/mol. The molecule has 1 aromatic carbocycles. The van der Waals surface area contributed by atoms with Crippen LogP contribution in [0.2, 0.25) is 0 Å². The Hall–Kier alpha value is -1.85. The van der Waals surface area contributed by atoms with Crippen molar-refractivity contribution in [1.82, 2.24) is 0 Å². The lowest BCUT2D eigenvalue weighted by atomic mass is 10.2. The number of esters is 1. The summed E-state index contributed by atoms with van der Waals surface area (Å²) >= 11 is 0. The number of carbonyl (C=O) groups is 1. The van der Waals surface area contributed by atoms with E-state index in [1.807, 2.05) is 0 Å². The van der Waals surface area contributed by atoms with Gasteiger partial charge in [0.25, 0.3) is 0 Å². The van der Waals surface area contributed by atoms with Crippen LogP contribution in [0.3, 0.4) is 0 Å². The average Bonchev–Trinajstić information content (AvgIpc) is 2.20. The zero-order chi connectivity index (χ0) is 12.1. The maximum atomic E-state index is 11.9. The number of hydrogen-bond acceptors (Lipinski definition) is 4. The van der Waals surface area contributed by atoms with Crippen molar-refractivity contribution in [3.8, 4) is 5.75 Å². The minimum atomic E-state index is -3.16. The molecule has 0 saturated carbocycles. The number of carbonyl (C=O) groups excluding carboxylic acids is 1. The topological polar surface area (TPSA) is 61.5 Å². The molecule has 0 saturated heterocycles. The third-order valence-electron chi connectivity index (χ3n) is 1.75. The van der Waals surface area contributed by atoms with E-state index < -0.39 is 12.6 Å². The molecule has 0 aliphatic carbocycles. The standard InChI is InChI=1S/C10H11F2NO3/c1-2-15-8-6(4-3-5-7(8)13)9(14)16-10(11)12/h3-5,10H,2,13H2,1H3. The van der Waals surface area contributed by atoms with Crippen LogP contribution >= 0.6 is 0 Å². The Morgan fingerprint density at radius 2 is 2.19 bits per heavy atom. The smallest absolute Gasteiger partial charge is 0.389 e. The Morgan fingerprint density at radius 3 is 2.75 bits per heavy atom. The van der Waals surface area contributed by atoms with Gasteiger partial charge in [0, 0.05) is 0 Å². The first-order chi connectivity index (χ1) is 7.56. The zero-order valence-corrected chi connectivity index (χ0v) is 8.57. The fraction of sp³-hybridized carbons (Fsp3) is 0.300. The van der Waals surface area contributed by atoms with Gasteiger partial charge in [-0.05, 0) is 19.1 Å². The SMILES string of the molecule is CCOc1c(N)cccc1C(=O)OC(F)F. The molecule has 0 radical (unpaired) electrons. The summed E-state index contributed by atoms with van der Waals surface area (Å²) in [5, 5.41) is 0. The molecule has 0 heterocycles. The van der Waals surface area contributed by atoms with E-state index in [1.165, 1.54) is 18.2 Å². The molecule has 0 aliphatic heterocycles. The first-order valence-corrected chi connectivity index (χ1v) is 4.56. The summed E-state index contributed by atoms with van der Waals surface area (Å²) < 4.78 is 32.6. The van der Waals surface area contributed by atoms with Gasteiger partial charge < -0.3 is 15.2 Å².